The number of hydrogen-bond acceptors (Lipinski definition) is 3. The number of hydrogen-bond donors (Lipinski definition) is 2. The van der Waals surface area contributed by atoms with Crippen LogP contribution >= 0.6 is 0 Å². The molecule has 6 rings (SSSR count). The van der Waals surface area contributed by atoms with Crippen LogP contribution in [0.4, 0.5) is 4.39 Å². The van der Waals surface area contributed by atoms with Crippen molar-refractivity contribution in [1.29, 1.82) is 0 Å². The molecule has 0 atom stereocenters. The SMILES string of the molecule is C=C/C(=C\C(=C/C)c1ccc2[nH]nc(-c3cc4c(-c5cc(C)cc(F)c5)cncc4[nH]3)c2c1)CN1CCCCC1. The van der Waals surface area contributed by atoms with Crippen molar-refractivity contribution < 1.29 is 4.39 Å². The zero-order chi connectivity index (χ0) is 27.6. The average Bonchev–Trinajstić information content (AvgIpc) is 3.59. The van der Waals surface area contributed by atoms with Gasteiger partial charge in [0.15, 0.2) is 0 Å². The van der Waals surface area contributed by atoms with Gasteiger partial charge < -0.3 is 4.98 Å². The highest BCUT2D eigenvalue weighted by atomic mass is 19.1. The molecular weight excluding hydrogens is 497 g/mol. The van der Waals surface area contributed by atoms with Crippen LogP contribution in [0.2, 0.25) is 0 Å². The molecule has 1 aliphatic rings. The second-order valence-electron chi connectivity index (χ2n) is 10.7. The van der Waals surface area contributed by atoms with Gasteiger partial charge in [0.1, 0.15) is 11.5 Å². The first-order valence-corrected chi connectivity index (χ1v) is 14.0. The van der Waals surface area contributed by atoms with Crippen LogP contribution in [0, 0.1) is 12.7 Å². The Morgan fingerprint density at radius 2 is 1.88 bits per heavy atom. The van der Waals surface area contributed by atoms with E-state index in [2.05, 4.69) is 75.0 Å². The van der Waals surface area contributed by atoms with Crippen molar-refractivity contribution in [2.24, 2.45) is 0 Å². The van der Waals surface area contributed by atoms with E-state index in [0.29, 0.717) is 0 Å². The van der Waals surface area contributed by atoms with Crippen molar-refractivity contribution in [3.8, 4) is 22.5 Å². The lowest BCUT2D eigenvalue weighted by Crippen LogP contribution is -2.31. The van der Waals surface area contributed by atoms with Gasteiger partial charge in [-0.05, 0) is 97.9 Å². The molecular formula is C34H34FN5. The number of rotatable bonds is 7. The fourth-order valence-electron chi connectivity index (χ4n) is 5.78. The first kappa shape index (κ1) is 26.0. The summed E-state index contributed by atoms with van der Waals surface area (Å²) in [5.41, 5.74) is 9.65. The van der Waals surface area contributed by atoms with Crippen molar-refractivity contribution in [3.05, 3.63) is 102 Å². The van der Waals surface area contributed by atoms with Gasteiger partial charge in [-0.1, -0.05) is 43.4 Å². The molecule has 0 radical (unpaired) electrons. The van der Waals surface area contributed by atoms with Crippen LogP contribution in [0.25, 0.3) is 49.9 Å². The Morgan fingerprint density at radius 1 is 1.02 bits per heavy atom. The van der Waals surface area contributed by atoms with Gasteiger partial charge in [-0.3, -0.25) is 15.0 Å². The molecule has 202 valence electrons. The van der Waals surface area contributed by atoms with E-state index in [9.17, 15) is 4.39 Å². The van der Waals surface area contributed by atoms with Crippen molar-refractivity contribution in [1.82, 2.24) is 25.1 Å². The number of H-pyrrole nitrogens is 2. The minimum atomic E-state index is -0.252. The molecule has 5 aromatic rings. The van der Waals surface area contributed by atoms with E-state index < -0.39 is 0 Å². The summed E-state index contributed by atoms with van der Waals surface area (Å²) in [6.07, 6.45) is 13.9. The average molecular weight is 532 g/mol. The Bertz CT molecular complexity index is 1740. The smallest absolute Gasteiger partial charge is 0.124 e. The molecule has 2 aromatic carbocycles. The first-order chi connectivity index (χ1) is 19.5. The summed E-state index contributed by atoms with van der Waals surface area (Å²) in [5.74, 6) is -0.252. The fourth-order valence-corrected chi connectivity index (χ4v) is 5.78. The molecule has 1 saturated heterocycles. The topological polar surface area (TPSA) is 60.6 Å². The van der Waals surface area contributed by atoms with Gasteiger partial charge in [-0.15, -0.1) is 0 Å². The predicted octanol–water partition coefficient (Wildman–Crippen LogP) is 8.22. The van der Waals surface area contributed by atoms with Crippen molar-refractivity contribution in [2.75, 3.05) is 19.6 Å². The van der Waals surface area contributed by atoms with Crippen LogP contribution in [0.5, 0.6) is 0 Å². The number of aryl methyl sites for hydroxylation is 1. The summed E-state index contributed by atoms with van der Waals surface area (Å²) in [4.78, 5) is 10.4. The van der Waals surface area contributed by atoms with Gasteiger partial charge in [0, 0.05) is 29.1 Å². The Hall–Kier alpha value is -4.29. The number of halogens is 1. The van der Waals surface area contributed by atoms with E-state index in [0.717, 1.165) is 80.7 Å². The highest BCUT2D eigenvalue weighted by molar-refractivity contribution is 6.01. The molecule has 0 saturated carbocycles. The number of aromatic amines is 2. The van der Waals surface area contributed by atoms with Crippen LogP contribution in [0.3, 0.4) is 0 Å². The maximum Gasteiger partial charge on any atom is 0.124 e. The Labute approximate surface area is 234 Å². The monoisotopic (exact) mass is 531 g/mol. The maximum atomic E-state index is 14.2. The minimum Gasteiger partial charge on any atom is -0.352 e. The lowest BCUT2D eigenvalue weighted by Gasteiger charge is -2.26. The summed E-state index contributed by atoms with van der Waals surface area (Å²) in [5, 5.41) is 9.88. The number of piperidine rings is 1. The molecule has 5 nitrogen and oxygen atoms in total. The zero-order valence-corrected chi connectivity index (χ0v) is 23.1. The van der Waals surface area contributed by atoms with Gasteiger partial charge in [0.25, 0.3) is 0 Å². The third-order valence-corrected chi connectivity index (χ3v) is 7.82. The van der Waals surface area contributed by atoms with Gasteiger partial charge >= 0.3 is 0 Å². The lowest BCUT2D eigenvalue weighted by molar-refractivity contribution is 0.248. The highest BCUT2D eigenvalue weighted by Crippen LogP contribution is 2.35. The van der Waals surface area contributed by atoms with Crippen LogP contribution in [-0.4, -0.2) is 44.7 Å². The van der Waals surface area contributed by atoms with Gasteiger partial charge in [-0.2, -0.15) is 5.10 Å². The number of benzene rings is 2. The summed E-state index contributed by atoms with van der Waals surface area (Å²) in [6.45, 7) is 11.3. The van der Waals surface area contributed by atoms with E-state index in [1.165, 1.54) is 30.9 Å². The molecule has 0 aliphatic carbocycles. The lowest BCUT2D eigenvalue weighted by atomic mass is 9.99. The number of nitrogens with one attached hydrogen (secondary N) is 2. The first-order valence-electron chi connectivity index (χ1n) is 14.0. The number of aromatic nitrogens is 4. The molecule has 1 fully saturated rings. The molecule has 6 heteroatoms. The molecule has 40 heavy (non-hydrogen) atoms. The quantitative estimate of drug-likeness (QED) is 0.208. The molecule has 0 unspecified atom stereocenters. The Balaban J connectivity index is 1.37. The van der Waals surface area contributed by atoms with E-state index in [1.807, 2.05) is 19.1 Å². The highest BCUT2D eigenvalue weighted by Gasteiger charge is 2.16. The van der Waals surface area contributed by atoms with Crippen LogP contribution < -0.4 is 0 Å². The predicted molar refractivity (Wildman–Crippen MR) is 164 cm³/mol. The van der Waals surface area contributed by atoms with Crippen molar-refractivity contribution >= 4 is 27.4 Å². The van der Waals surface area contributed by atoms with E-state index >= 15 is 0 Å². The Morgan fingerprint density at radius 3 is 2.65 bits per heavy atom. The van der Waals surface area contributed by atoms with E-state index in [4.69, 9.17) is 0 Å². The van der Waals surface area contributed by atoms with Crippen molar-refractivity contribution in [2.45, 2.75) is 33.1 Å². The normalized spacial score (nSPS) is 15.3. The second-order valence-corrected chi connectivity index (χ2v) is 10.7. The van der Waals surface area contributed by atoms with Gasteiger partial charge in [-0.25, -0.2) is 4.39 Å². The maximum absolute atomic E-state index is 14.2. The standard InChI is InChI=1S/C34H34FN5/c1-4-23(21-40-11-7-6-8-12-40)15-24(5-2)25-9-10-31-29(17-25)34(39-38-31)32-18-28-30(19-36-20-33(28)37-32)26-13-22(3)14-27(35)16-26/h4-5,9-10,13-20,37H,1,6-8,11-12,21H2,2-3H3,(H,38,39)/b23-15+,24-5+. The third kappa shape index (κ3) is 5.15. The van der Waals surface area contributed by atoms with Crippen LogP contribution in [0.1, 0.15) is 37.3 Å². The third-order valence-electron chi connectivity index (χ3n) is 7.82. The zero-order valence-electron chi connectivity index (χ0n) is 23.1. The van der Waals surface area contributed by atoms with E-state index in [-0.39, 0.29) is 5.82 Å². The number of likely N-dealkylation sites (tertiary alicyclic amines) is 1. The minimum absolute atomic E-state index is 0.252. The number of nitrogens with zero attached hydrogens (tertiary/aromatic N) is 3. The van der Waals surface area contributed by atoms with Crippen LogP contribution in [-0.2, 0) is 0 Å². The Kier molecular flexibility index (Phi) is 7.18. The molecule has 0 spiro atoms. The summed E-state index contributed by atoms with van der Waals surface area (Å²) in [7, 11) is 0. The summed E-state index contributed by atoms with van der Waals surface area (Å²) >= 11 is 0. The molecule has 2 N–H and O–H groups in total. The summed E-state index contributed by atoms with van der Waals surface area (Å²) < 4.78 is 14.2. The summed E-state index contributed by atoms with van der Waals surface area (Å²) in [6, 6.07) is 13.6. The number of fused-ring (bicyclic) bond motifs is 2. The number of allylic oxidation sites excluding steroid dienone is 3. The fraction of sp³-hybridized carbons (Fsp3) is 0.235. The number of pyridine rings is 1. The van der Waals surface area contributed by atoms with Crippen molar-refractivity contribution in [3.63, 3.8) is 0 Å². The van der Waals surface area contributed by atoms with Crippen LogP contribution in [0.15, 0.2) is 85.2 Å². The second kappa shape index (κ2) is 11.1. The molecule has 3 aromatic heterocycles. The van der Waals surface area contributed by atoms with Gasteiger partial charge in [0.2, 0.25) is 0 Å². The van der Waals surface area contributed by atoms with Gasteiger partial charge in [0.05, 0.1) is 22.9 Å². The molecule has 1 aliphatic heterocycles. The molecule has 4 heterocycles. The molecule has 0 bridgehead atoms. The molecule has 0 amide bonds. The largest absolute Gasteiger partial charge is 0.352 e. The van der Waals surface area contributed by atoms with E-state index in [1.54, 1.807) is 18.5 Å².